The van der Waals surface area contributed by atoms with Crippen molar-refractivity contribution in [1.29, 1.82) is 0 Å². The highest BCUT2D eigenvalue weighted by Gasteiger charge is 2.33. The number of benzene rings is 1. The van der Waals surface area contributed by atoms with Gasteiger partial charge in [0.1, 0.15) is 6.04 Å². The number of pyridine rings is 1. The van der Waals surface area contributed by atoms with Crippen LogP contribution in [0.5, 0.6) is 0 Å². The third-order valence-electron chi connectivity index (χ3n) is 4.03. The number of nitrogens with zero attached hydrogens (tertiary/aromatic N) is 1. The monoisotopic (exact) mass is 300 g/mol. The van der Waals surface area contributed by atoms with E-state index >= 15 is 0 Å². The molecule has 1 amide bonds. The zero-order valence-corrected chi connectivity index (χ0v) is 11.9. The van der Waals surface area contributed by atoms with Crippen LogP contribution < -0.4 is 5.56 Å². The molecule has 1 aromatic carbocycles. The lowest BCUT2D eigenvalue weighted by molar-refractivity contribution is -0.148. The Morgan fingerprint density at radius 3 is 2.86 bits per heavy atom. The molecule has 1 unspecified atom stereocenters. The van der Waals surface area contributed by atoms with Crippen molar-refractivity contribution < 1.29 is 14.7 Å². The molecule has 1 fully saturated rings. The zero-order valence-electron chi connectivity index (χ0n) is 11.9. The van der Waals surface area contributed by atoms with E-state index in [1.54, 1.807) is 12.1 Å². The summed E-state index contributed by atoms with van der Waals surface area (Å²) in [7, 11) is 0. The number of carbonyl (C=O) groups is 2. The van der Waals surface area contributed by atoms with Gasteiger partial charge >= 0.3 is 5.97 Å². The fourth-order valence-electron chi connectivity index (χ4n) is 2.91. The predicted octanol–water partition coefficient (Wildman–Crippen LogP) is 1.15. The van der Waals surface area contributed by atoms with E-state index in [-0.39, 0.29) is 17.9 Å². The molecule has 1 atom stereocenters. The van der Waals surface area contributed by atoms with Crippen LogP contribution in [0.4, 0.5) is 0 Å². The molecule has 0 spiro atoms. The molecule has 0 bridgehead atoms. The molecule has 6 nitrogen and oxygen atoms in total. The normalized spacial score (nSPS) is 17.8. The number of carboxylic acid groups (broad SMARTS) is 1. The van der Waals surface area contributed by atoms with Crippen molar-refractivity contribution in [3.63, 3.8) is 0 Å². The minimum atomic E-state index is -0.988. The van der Waals surface area contributed by atoms with Gasteiger partial charge in [-0.15, -0.1) is 0 Å². The summed E-state index contributed by atoms with van der Waals surface area (Å²) >= 11 is 0. The molecule has 0 radical (unpaired) electrons. The van der Waals surface area contributed by atoms with E-state index in [2.05, 4.69) is 4.98 Å². The van der Waals surface area contributed by atoms with Gasteiger partial charge in [-0.25, -0.2) is 4.79 Å². The second-order valence-electron chi connectivity index (χ2n) is 5.47. The van der Waals surface area contributed by atoms with Gasteiger partial charge in [0.2, 0.25) is 5.91 Å². The maximum Gasteiger partial charge on any atom is 0.326 e. The van der Waals surface area contributed by atoms with E-state index in [4.69, 9.17) is 5.11 Å². The molecule has 2 heterocycles. The minimum Gasteiger partial charge on any atom is -0.480 e. The van der Waals surface area contributed by atoms with Crippen LogP contribution in [-0.4, -0.2) is 39.5 Å². The van der Waals surface area contributed by atoms with Crippen LogP contribution in [0, 0.1) is 0 Å². The molecule has 3 rings (SSSR count). The number of aromatic amines is 1. The number of para-hydroxylation sites is 1. The van der Waals surface area contributed by atoms with Crippen molar-refractivity contribution in [3.05, 3.63) is 46.2 Å². The highest BCUT2D eigenvalue weighted by Crippen LogP contribution is 2.19. The summed E-state index contributed by atoms with van der Waals surface area (Å²) in [4.78, 5) is 39.6. The lowest BCUT2D eigenvalue weighted by atomic mass is 10.1. The fraction of sp³-hybridized carbons (Fsp3) is 0.312. The highest BCUT2D eigenvalue weighted by atomic mass is 16.4. The van der Waals surface area contributed by atoms with Crippen LogP contribution in [-0.2, 0) is 16.0 Å². The van der Waals surface area contributed by atoms with Gasteiger partial charge in [0.25, 0.3) is 5.56 Å². The summed E-state index contributed by atoms with van der Waals surface area (Å²) in [6, 6.07) is 8.25. The van der Waals surface area contributed by atoms with Gasteiger partial charge in [-0.1, -0.05) is 18.2 Å². The van der Waals surface area contributed by atoms with E-state index in [1.165, 1.54) is 4.90 Å². The van der Waals surface area contributed by atoms with Crippen molar-refractivity contribution >= 4 is 22.8 Å². The van der Waals surface area contributed by atoms with Crippen molar-refractivity contribution in [2.75, 3.05) is 6.54 Å². The molecule has 1 aliphatic rings. The van der Waals surface area contributed by atoms with Crippen molar-refractivity contribution in [3.8, 4) is 0 Å². The molecule has 2 N–H and O–H groups in total. The first kappa shape index (κ1) is 14.3. The van der Waals surface area contributed by atoms with Gasteiger partial charge in [-0.05, 0) is 30.4 Å². The number of fused-ring (bicyclic) bond motifs is 1. The predicted molar refractivity (Wildman–Crippen MR) is 80.6 cm³/mol. The molecule has 0 aliphatic carbocycles. The summed E-state index contributed by atoms with van der Waals surface area (Å²) in [5.41, 5.74) is 0.770. The van der Waals surface area contributed by atoms with Crippen molar-refractivity contribution in [2.24, 2.45) is 0 Å². The smallest absolute Gasteiger partial charge is 0.326 e. The third kappa shape index (κ3) is 2.59. The summed E-state index contributed by atoms with van der Waals surface area (Å²) in [6.07, 6.45) is 1.07. The summed E-state index contributed by atoms with van der Waals surface area (Å²) < 4.78 is 0. The molecular formula is C16H16N2O4. The maximum atomic E-state index is 12.3. The largest absolute Gasteiger partial charge is 0.480 e. The van der Waals surface area contributed by atoms with Crippen molar-refractivity contribution in [2.45, 2.75) is 25.3 Å². The van der Waals surface area contributed by atoms with Gasteiger partial charge in [-0.3, -0.25) is 9.59 Å². The molecular weight excluding hydrogens is 284 g/mol. The standard InChI is InChI=1S/C16H16N2O4/c19-14(18-7-3-6-13(18)16(21)22)9-11-8-10-4-1-2-5-12(10)17-15(11)20/h1-2,4-5,8,13H,3,6-7,9H2,(H,17,20)(H,21,22). The van der Waals surface area contributed by atoms with Gasteiger partial charge in [0, 0.05) is 17.6 Å². The quantitative estimate of drug-likeness (QED) is 0.889. The van der Waals surface area contributed by atoms with Crippen molar-refractivity contribution in [1.82, 2.24) is 9.88 Å². The molecule has 1 saturated heterocycles. The Hall–Kier alpha value is -2.63. The number of aliphatic carboxylic acids is 1. The summed E-state index contributed by atoms with van der Waals surface area (Å²) in [6.45, 7) is 0.432. The topological polar surface area (TPSA) is 90.5 Å². The Bertz CT molecular complexity index is 796. The first-order valence-electron chi connectivity index (χ1n) is 7.19. The van der Waals surface area contributed by atoms with E-state index in [0.717, 1.165) is 5.39 Å². The molecule has 1 aromatic heterocycles. The highest BCUT2D eigenvalue weighted by molar-refractivity contribution is 5.86. The molecule has 22 heavy (non-hydrogen) atoms. The average Bonchev–Trinajstić information content (AvgIpc) is 2.97. The zero-order chi connectivity index (χ0) is 15.7. The third-order valence-corrected chi connectivity index (χ3v) is 4.03. The number of nitrogens with one attached hydrogen (secondary N) is 1. The number of H-pyrrole nitrogens is 1. The lowest BCUT2D eigenvalue weighted by Crippen LogP contribution is -2.41. The SMILES string of the molecule is O=C(O)C1CCCN1C(=O)Cc1cc2ccccc2[nH]c1=O. The van der Waals surface area contributed by atoms with Gasteiger partial charge in [0.05, 0.1) is 6.42 Å². The van der Waals surface area contributed by atoms with Crippen LogP contribution in [0.3, 0.4) is 0 Å². The van der Waals surface area contributed by atoms with Crippen LogP contribution in [0.15, 0.2) is 35.1 Å². The second-order valence-corrected chi connectivity index (χ2v) is 5.47. The molecule has 114 valence electrons. The van der Waals surface area contributed by atoms with E-state index in [0.29, 0.717) is 30.5 Å². The molecule has 0 saturated carbocycles. The van der Waals surface area contributed by atoms with Crippen LogP contribution >= 0.6 is 0 Å². The fourth-order valence-corrected chi connectivity index (χ4v) is 2.91. The number of carbonyl (C=O) groups excluding carboxylic acids is 1. The lowest BCUT2D eigenvalue weighted by Gasteiger charge is -2.21. The van der Waals surface area contributed by atoms with Gasteiger partial charge in [0.15, 0.2) is 0 Å². The first-order chi connectivity index (χ1) is 10.6. The number of hydrogen-bond donors (Lipinski definition) is 2. The van der Waals surface area contributed by atoms with E-state index in [1.807, 2.05) is 18.2 Å². The Morgan fingerprint density at radius 2 is 2.09 bits per heavy atom. The Labute approximate surface area is 126 Å². The van der Waals surface area contributed by atoms with Crippen LogP contribution in [0.2, 0.25) is 0 Å². The minimum absolute atomic E-state index is 0.0794. The second kappa shape index (κ2) is 5.63. The maximum absolute atomic E-state index is 12.3. The number of likely N-dealkylation sites (tertiary alicyclic amines) is 1. The number of amides is 1. The Balaban J connectivity index is 1.86. The van der Waals surface area contributed by atoms with E-state index in [9.17, 15) is 14.4 Å². The van der Waals surface area contributed by atoms with Crippen LogP contribution in [0.25, 0.3) is 10.9 Å². The Kier molecular flexibility index (Phi) is 3.66. The molecule has 2 aromatic rings. The molecule has 6 heteroatoms. The van der Waals surface area contributed by atoms with Gasteiger partial charge in [-0.2, -0.15) is 0 Å². The van der Waals surface area contributed by atoms with Gasteiger partial charge < -0.3 is 15.0 Å². The number of carboxylic acids is 1. The van der Waals surface area contributed by atoms with Crippen LogP contribution in [0.1, 0.15) is 18.4 Å². The number of rotatable bonds is 3. The average molecular weight is 300 g/mol. The molecule has 1 aliphatic heterocycles. The summed E-state index contributed by atoms with van der Waals surface area (Å²) in [5.74, 6) is -1.30. The number of aromatic nitrogens is 1. The van der Waals surface area contributed by atoms with E-state index < -0.39 is 12.0 Å². The number of hydrogen-bond acceptors (Lipinski definition) is 3. The Morgan fingerprint density at radius 1 is 1.32 bits per heavy atom. The first-order valence-corrected chi connectivity index (χ1v) is 7.19. The summed E-state index contributed by atoms with van der Waals surface area (Å²) in [5, 5.41) is 9.98.